The SMILES string of the molecule is Cc1cc([C@@H]2CCCCN2CC(C)C)cnc1N1CCCCC1. The summed E-state index contributed by atoms with van der Waals surface area (Å²) in [5, 5.41) is 0. The van der Waals surface area contributed by atoms with Gasteiger partial charge in [-0.15, -0.1) is 0 Å². The minimum absolute atomic E-state index is 0.577. The molecular weight excluding hydrogens is 282 g/mol. The molecule has 0 unspecified atom stereocenters. The third-order valence-electron chi connectivity index (χ3n) is 5.33. The van der Waals surface area contributed by atoms with Gasteiger partial charge < -0.3 is 4.90 Å². The van der Waals surface area contributed by atoms with E-state index < -0.39 is 0 Å². The van der Waals surface area contributed by atoms with Crippen molar-refractivity contribution in [2.75, 3.05) is 31.1 Å². The van der Waals surface area contributed by atoms with Crippen LogP contribution < -0.4 is 4.90 Å². The van der Waals surface area contributed by atoms with Gasteiger partial charge in [-0.05, 0) is 68.7 Å². The van der Waals surface area contributed by atoms with Gasteiger partial charge in [0.1, 0.15) is 5.82 Å². The Bertz CT molecular complexity index is 506. The number of nitrogens with zero attached hydrogens (tertiary/aromatic N) is 3. The van der Waals surface area contributed by atoms with Crippen LogP contribution in [0.2, 0.25) is 0 Å². The van der Waals surface area contributed by atoms with Gasteiger partial charge >= 0.3 is 0 Å². The fourth-order valence-corrected chi connectivity index (χ4v) is 4.26. The predicted octanol–water partition coefficient (Wildman–Crippen LogP) is 4.56. The van der Waals surface area contributed by atoms with Crippen LogP contribution in [-0.2, 0) is 0 Å². The second kappa shape index (κ2) is 7.65. The average Bonchev–Trinajstić information content (AvgIpc) is 2.55. The van der Waals surface area contributed by atoms with Crippen LogP contribution in [0.4, 0.5) is 5.82 Å². The summed E-state index contributed by atoms with van der Waals surface area (Å²) in [5.74, 6) is 1.96. The normalized spacial score (nSPS) is 23.5. The van der Waals surface area contributed by atoms with Crippen LogP contribution in [0.3, 0.4) is 0 Å². The maximum Gasteiger partial charge on any atom is 0.131 e. The molecule has 3 rings (SSSR count). The Morgan fingerprint density at radius 3 is 2.52 bits per heavy atom. The van der Waals surface area contributed by atoms with E-state index in [2.05, 4.69) is 42.8 Å². The van der Waals surface area contributed by atoms with E-state index in [1.165, 1.54) is 81.6 Å². The summed E-state index contributed by atoms with van der Waals surface area (Å²) in [5.41, 5.74) is 2.79. The zero-order chi connectivity index (χ0) is 16.2. The lowest BCUT2D eigenvalue weighted by atomic mass is 9.94. The molecular formula is C20H33N3. The maximum atomic E-state index is 4.89. The van der Waals surface area contributed by atoms with E-state index in [9.17, 15) is 0 Å². The maximum absolute atomic E-state index is 4.89. The van der Waals surface area contributed by atoms with Gasteiger partial charge in [0.2, 0.25) is 0 Å². The number of piperidine rings is 2. The molecule has 3 heterocycles. The number of anilines is 1. The second-order valence-electron chi connectivity index (χ2n) is 7.86. The highest BCUT2D eigenvalue weighted by atomic mass is 15.2. The van der Waals surface area contributed by atoms with E-state index in [4.69, 9.17) is 4.98 Å². The fraction of sp³-hybridized carbons (Fsp3) is 0.750. The van der Waals surface area contributed by atoms with E-state index in [-0.39, 0.29) is 0 Å². The van der Waals surface area contributed by atoms with Crippen molar-refractivity contribution < 1.29 is 0 Å². The highest BCUT2D eigenvalue weighted by Gasteiger charge is 2.25. The molecule has 1 atom stereocenters. The molecule has 128 valence electrons. The minimum atomic E-state index is 0.577. The van der Waals surface area contributed by atoms with E-state index in [1.54, 1.807) is 0 Å². The van der Waals surface area contributed by atoms with Gasteiger partial charge in [-0.2, -0.15) is 0 Å². The zero-order valence-corrected chi connectivity index (χ0v) is 15.2. The van der Waals surface area contributed by atoms with Crippen LogP contribution in [0.15, 0.2) is 12.3 Å². The first-order valence-corrected chi connectivity index (χ1v) is 9.60. The molecule has 3 nitrogen and oxygen atoms in total. The Morgan fingerprint density at radius 1 is 1.09 bits per heavy atom. The number of hydrogen-bond acceptors (Lipinski definition) is 3. The molecule has 23 heavy (non-hydrogen) atoms. The summed E-state index contributed by atoms with van der Waals surface area (Å²) in [6.45, 7) is 11.7. The van der Waals surface area contributed by atoms with E-state index >= 15 is 0 Å². The quantitative estimate of drug-likeness (QED) is 0.812. The molecule has 2 fully saturated rings. The fourth-order valence-electron chi connectivity index (χ4n) is 4.26. The highest BCUT2D eigenvalue weighted by molar-refractivity contribution is 5.48. The van der Waals surface area contributed by atoms with Crippen molar-refractivity contribution in [2.45, 2.75) is 65.3 Å². The van der Waals surface area contributed by atoms with Crippen molar-refractivity contribution in [1.29, 1.82) is 0 Å². The van der Waals surface area contributed by atoms with Crippen molar-refractivity contribution >= 4 is 5.82 Å². The third kappa shape index (κ3) is 4.06. The highest BCUT2D eigenvalue weighted by Crippen LogP contribution is 2.33. The smallest absolute Gasteiger partial charge is 0.131 e. The number of likely N-dealkylation sites (tertiary alicyclic amines) is 1. The summed E-state index contributed by atoms with van der Waals surface area (Å²) in [7, 11) is 0. The van der Waals surface area contributed by atoms with Crippen LogP contribution in [0.1, 0.15) is 69.5 Å². The van der Waals surface area contributed by atoms with Gasteiger partial charge in [-0.25, -0.2) is 4.98 Å². The lowest BCUT2D eigenvalue weighted by Gasteiger charge is -2.37. The molecule has 0 aromatic carbocycles. The first kappa shape index (κ1) is 16.8. The Morgan fingerprint density at radius 2 is 1.83 bits per heavy atom. The summed E-state index contributed by atoms with van der Waals surface area (Å²) in [6, 6.07) is 2.99. The number of rotatable bonds is 4. The van der Waals surface area contributed by atoms with Gasteiger partial charge in [-0.3, -0.25) is 4.90 Å². The lowest BCUT2D eigenvalue weighted by molar-refractivity contribution is 0.132. The number of aromatic nitrogens is 1. The van der Waals surface area contributed by atoms with Crippen molar-refractivity contribution in [2.24, 2.45) is 5.92 Å². The Hall–Kier alpha value is -1.09. The molecule has 1 aromatic rings. The molecule has 0 radical (unpaired) electrons. The standard InChI is InChI=1S/C20H33N3/c1-16(2)15-23-12-8-5-9-19(23)18-13-17(3)20(21-14-18)22-10-6-4-7-11-22/h13-14,16,19H,4-12,15H2,1-3H3/t19-/m0/s1. The van der Waals surface area contributed by atoms with Crippen LogP contribution in [0.5, 0.6) is 0 Å². The second-order valence-corrected chi connectivity index (χ2v) is 7.86. The molecule has 3 heteroatoms. The molecule has 2 saturated heterocycles. The van der Waals surface area contributed by atoms with Crippen molar-refractivity contribution in [3.63, 3.8) is 0 Å². The monoisotopic (exact) mass is 315 g/mol. The van der Waals surface area contributed by atoms with E-state index in [0.717, 1.165) is 5.92 Å². The van der Waals surface area contributed by atoms with Crippen LogP contribution >= 0.6 is 0 Å². The predicted molar refractivity (Wildman–Crippen MR) is 98.0 cm³/mol. The van der Waals surface area contributed by atoms with E-state index in [0.29, 0.717) is 6.04 Å². The van der Waals surface area contributed by atoms with Crippen molar-refractivity contribution in [3.05, 3.63) is 23.4 Å². The topological polar surface area (TPSA) is 19.4 Å². The zero-order valence-electron chi connectivity index (χ0n) is 15.2. The van der Waals surface area contributed by atoms with Gasteiger partial charge in [0.25, 0.3) is 0 Å². The number of aryl methyl sites for hydroxylation is 1. The molecule has 0 spiro atoms. The average molecular weight is 316 g/mol. The Kier molecular flexibility index (Phi) is 5.58. The van der Waals surface area contributed by atoms with Gasteiger partial charge in [-0.1, -0.05) is 20.3 Å². The minimum Gasteiger partial charge on any atom is -0.356 e. The summed E-state index contributed by atoms with van der Waals surface area (Å²) in [6.07, 6.45) is 10.2. The van der Waals surface area contributed by atoms with Crippen molar-refractivity contribution in [1.82, 2.24) is 9.88 Å². The molecule has 0 N–H and O–H groups in total. The first-order valence-electron chi connectivity index (χ1n) is 9.60. The largest absolute Gasteiger partial charge is 0.356 e. The molecule has 1 aromatic heterocycles. The number of pyridine rings is 1. The van der Waals surface area contributed by atoms with Crippen LogP contribution in [0, 0.1) is 12.8 Å². The number of hydrogen-bond donors (Lipinski definition) is 0. The Balaban J connectivity index is 1.77. The van der Waals surface area contributed by atoms with Crippen LogP contribution in [0.25, 0.3) is 0 Å². The first-order chi connectivity index (χ1) is 11.1. The van der Waals surface area contributed by atoms with Gasteiger partial charge in [0, 0.05) is 31.9 Å². The molecule has 2 aliphatic heterocycles. The molecule has 0 saturated carbocycles. The molecule has 2 aliphatic rings. The third-order valence-corrected chi connectivity index (χ3v) is 5.33. The molecule has 0 bridgehead atoms. The summed E-state index contributed by atoms with van der Waals surface area (Å²) < 4.78 is 0. The van der Waals surface area contributed by atoms with Crippen molar-refractivity contribution in [3.8, 4) is 0 Å². The summed E-state index contributed by atoms with van der Waals surface area (Å²) >= 11 is 0. The molecule has 0 aliphatic carbocycles. The van der Waals surface area contributed by atoms with Gasteiger partial charge in [0.15, 0.2) is 0 Å². The summed E-state index contributed by atoms with van der Waals surface area (Å²) in [4.78, 5) is 10.1. The molecule has 0 amide bonds. The van der Waals surface area contributed by atoms with Crippen LogP contribution in [-0.4, -0.2) is 36.1 Å². The lowest BCUT2D eigenvalue weighted by Crippen LogP contribution is -2.36. The van der Waals surface area contributed by atoms with Gasteiger partial charge in [0.05, 0.1) is 0 Å². The Labute approximate surface area is 142 Å². The van der Waals surface area contributed by atoms with E-state index in [1.807, 2.05) is 0 Å².